The SMILES string of the molecule is CCC1CC(CN)(N2CCc3sccc3C2)CCO1. The topological polar surface area (TPSA) is 38.5 Å². The largest absolute Gasteiger partial charge is 0.378 e. The average Bonchev–Trinajstić information content (AvgIpc) is 2.94. The van der Waals surface area contributed by atoms with Crippen LogP contribution in [0.5, 0.6) is 0 Å². The van der Waals surface area contributed by atoms with Crippen LogP contribution in [0.15, 0.2) is 11.4 Å². The molecular weight excluding hydrogens is 256 g/mol. The Bertz CT molecular complexity index is 434. The summed E-state index contributed by atoms with van der Waals surface area (Å²) in [7, 11) is 0. The molecule has 106 valence electrons. The lowest BCUT2D eigenvalue weighted by Crippen LogP contribution is -2.59. The van der Waals surface area contributed by atoms with E-state index >= 15 is 0 Å². The first-order chi connectivity index (χ1) is 9.27. The molecule has 0 aliphatic carbocycles. The van der Waals surface area contributed by atoms with Crippen molar-refractivity contribution >= 4 is 11.3 Å². The molecule has 0 amide bonds. The highest BCUT2D eigenvalue weighted by atomic mass is 32.1. The van der Waals surface area contributed by atoms with Gasteiger partial charge in [-0.05, 0) is 42.7 Å². The summed E-state index contributed by atoms with van der Waals surface area (Å²) in [5.41, 5.74) is 7.87. The van der Waals surface area contributed by atoms with Crippen LogP contribution >= 0.6 is 11.3 Å². The first kappa shape index (κ1) is 13.6. The predicted octanol–water partition coefficient (Wildman–Crippen LogP) is 2.39. The lowest BCUT2D eigenvalue weighted by atomic mass is 9.82. The van der Waals surface area contributed by atoms with E-state index in [2.05, 4.69) is 23.3 Å². The van der Waals surface area contributed by atoms with Crippen LogP contribution in [0.25, 0.3) is 0 Å². The zero-order chi connectivity index (χ0) is 13.3. The summed E-state index contributed by atoms with van der Waals surface area (Å²) < 4.78 is 5.85. The minimum atomic E-state index is 0.165. The van der Waals surface area contributed by atoms with Crippen LogP contribution in [0.1, 0.15) is 36.6 Å². The van der Waals surface area contributed by atoms with Crippen LogP contribution in [-0.4, -0.2) is 36.2 Å². The van der Waals surface area contributed by atoms with Gasteiger partial charge in [0.2, 0.25) is 0 Å². The van der Waals surface area contributed by atoms with Gasteiger partial charge in [-0.15, -0.1) is 11.3 Å². The number of nitrogens with two attached hydrogens (primary N) is 1. The smallest absolute Gasteiger partial charge is 0.0590 e. The van der Waals surface area contributed by atoms with Gasteiger partial charge >= 0.3 is 0 Å². The molecule has 2 unspecified atom stereocenters. The average molecular weight is 280 g/mol. The van der Waals surface area contributed by atoms with Crippen LogP contribution in [0.3, 0.4) is 0 Å². The van der Waals surface area contributed by atoms with E-state index < -0.39 is 0 Å². The van der Waals surface area contributed by atoms with Crippen LogP contribution < -0.4 is 5.73 Å². The standard InChI is InChI=1S/C15H24N2OS/c1-2-13-9-15(11-16,5-7-18-13)17-6-3-14-12(10-17)4-8-19-14/h4,8,13H,2-3,5-7,9-11,16H2,1H3. The Balaban J connectivity index is 1.79. The molecule has 1 fully saturated rings. The summed E-state index contributed by atoms with van der Waals surface area (Å²) in [6.45, 7) is 6.06. The third-order valence-electron chi connectivity index (χ3n) is 4.84. The van der Waals surface area contributed by atoms with E-state index in [1.165, 1.54) is 12.0 Å². The first-order valence-electron chi connectivity index (χ1n) is 7.39. The Labute approximate surface area is 119 Å². The monoisotopic (exact) mass is 280 g/mol. The first-order valence-corrected chi connectivity index (χ1v) is 8.27. The van der Waals surface area contributed by atoms with Gasteiger partial charge in [0.15, 0.2) is 0 Å². The van der Waals surface area contributed by atoms with Gasteiger partial charge in [-0.3, -0.25) is 4.90 Å². The summed E-state index contributed by atoms with van der Waals surface area (Å²) in [5.74, 6) is 0. The second kappa shape index (κ2) is 5.52. The molecular formula is C15H24N2OS. The zero-order valence-electron chi connectivity index (χ0n) is 11.7. The maximum atomic E-state index is 6.19. The third kappa shape index (κ3) is 2.47. The maximum absolute atomic E-state index is 6.19. The van der Waals surface area contributed by atoms with E-state index in [4.69, 9.17) is 10.5 Å². The van der Waals surface area contributed by atoms with E-state index in [1.807, 2.05) is 11.3 Å². The number of thiophene rings is 1. The van der Waals surface area contributed by atoms with Crippen molar-refractivity contribution < 1.29 is 4.74 Å². The summed E-state index contributed by atoms with van der Waals surface area (Å²) >= 11 is 1.90. The molecule has 1 saturated heterocycles. The molecule has 2 aliphatic rings. The zero-order valence-corrected chi connectivity index (χ0v) is 12.5. The van der Waals surface area contributed by atoms with Gasteiger partial charge in [0.1, 0.15) is 0 Å². The molecule has 1 aromatic rings. The lowest BCUT2D eigenvalue weighted by Gasteiger charge is -2.49. The van der Waals surface area contributed by atoms with Gasteiger partial charge in [0.05, 0.1) is 6.10 Å². The fraction of sp³-hybridized carbons (Fsp3) is 0.733. The molecule has 0 spiro atoms. The molecule has 19 heavy (non-hydrogen) atoms. The molecule has 3 heterocycles. The van der Waals surface area contributed by atoms with E-state index in [0.717, 1.165) is 45.5 Å². The van der Waals surface area contributed by atoms with Gasteiger partial charge < -0.3 is 10.5 Å². The second-order valence-corrected chi connectivity index (χ2v) is 6.82. The Morgan fingerprint density at radius 1 is 1.58 bits per heavy atom. The Morgan fingerprint density at radius 2 is 2.47 bits per heavy atom. The molecule has 4 heteroatoms. The van der Waals surface area contributed by atoms with Gasteiger partial charge in [-0.1, -0.05) is 6.92 Å². The molecule has 2 atom stereocenters. The van der Waals surface area contributed by atoms with Crippen molar-refractivity contribution in [2.45, 2.75) is 50.8 Å². The number of ether oxygens (including phenoxy) is 1. The fourth-order valence-corrected chi connectivity index (χ4v) is 4.41. The van der Waals surface area contributed by atoms with Crippen molar-refractivity contribution in [1.82, 2.24) is 4.90 Å². The van der Waals surface area contributed by atoms with E-state index in [1.54, 1.807) is 4.88 Å². The Hall–Kier alpha value is -0.420. The summed E-state index contributed by atoms with van der Waals surface area (Å²) in [5, 5.41) is 2.22. The molecule has 2 N–H and O–H groups in total. The number of hydrogen-bond acceptors (Lipinski definition) is 4. The van der Waals surface area contributed by atoms with Crippen molar-refractivity contribution in [1.29, 1.82) is 0 Å². The fourth-order valence-electron chi connectivity index (χ4n) is 3.52. The van der Waals surface area contributed by atoms with Crippen molar-refractivity contribution in [3.63, 3.8) is 0 Å². The maximum Gasteiger partial charge on any atom is 0.0590 e. The van der Waals surface area contributed by atoms with Gasteiger partial charge in [0.25, 0.3) is 0 Å². The van der Waals surface area contributed by atoms with Crippen molar-refractivity contribution in [3.05, 3.63) is 21.9 Å². The molecule has 3 nitrogen and oxygen atoms in total. The van der Waals surface area contributed by atoms with Crippen LogP contribution in [0.2, 0.25) is 0 Å². The lowest BCUT2D eigenvalue weighted by molar-refractivity contribution is -0.0761. The molecule has 3 rings (SSSR count). The number of nitrogens with zero attached hydrogens (tertiary/aromatic N) is 1. The highest BCUT2D eigenvalue weighted by Crippen LogP contribution is 2.36. The summed E-state index contributed by atoms with van der Waals surface area (Å²) in [4.78, 5) is 4.20. The second-order valence-electron chi connectivity index (χ2n) is 5.82. The van der Waals surface area contributed by atoms with Crippen LogP contribution in [0.4, 0.5) is 0 Å². The molecule has 0 aromatic carbocycles. The third-order valence-corrected chi connectivity index (χ3v) is 5.87. The van der Waals surface area contributed by atoms with Gasteiger partial charge in [-0.25, -0.2) is 0 Å². The normalized spacial score (nSPS) is 32.2. The molecule has 0 saturated carbocycles. The molecule has 1 aromatic heterocycles. The molecule has 0 radical (unpaired) electrons. The quantitative estimate of drug-likeness (QED) is 0.924. The molecule has 0 bridgehead atoms. The minimum absolute atomic E-state index is 0.165. The summed E-state index contributed by atoms with van der Waals surface area (Å²) in [6, 6.07) is 2.28. The number of hydrogen-bond donors (Lipinski definition) is 1. The number of fused-ring (bicyclic) bond motifs is 1. The summed E-state index contributed by atoms with van der Waals surface area (Å²) in [6.07, 6.45) is 4.85. The highest BCUT2D eigenvalue weighted by Gasteiger charge is 2.41. The van der Waals surface area contributed by atoms with E-state index in [0.29, 0.717) is 6.10 Å². The van der Waals surface area contributed by atoms with Crippen molar-refractivity contribution in [2.75, 3.05) is 19.7 Å². The van der Waals surface area contributed by atoms with E-state index in [9.17, 15) is 0 Å². The van der Waals surface area contributed by atoms with Crippen LogP contribution in [0, 0.1) is 0 Å². The van der Waals surface area contributed by atoms with Gasteiger partial charge in [-0.2, -0.15) is 0 Å². The predicted molar refractivity (Wildman–Crippen MR) is 79.5 cm³/mol. The van der Waals surface area contributed by atoms with Crippen molar-refractivity contribution in [3.8, 4) is 0 Å². The van der Waals surface area contributed by atoms with E-state index in [-0.39, 0.29) is 5.54 Å². The Morgan fingerprint density at radius 3 is 3.26 bits per heavy atom. The van der Waals surface area contributed by atoms with Crippen molar-refractivity contribution in [2.24, 2.45) is 5.73 Å². The minimum Gasteiger partial charge on any atom is -0.378 e. The molecule has 2 aliphatic heterocycles. The van der Waals surface area contributed by atoms with Gasteiger partial charge in [0, 0.05) is 36.7 Å². The highest BCUT2D eigenvalue weighted by molar-refractivity contribution is 7.10. The van der Waals surface area contributed by atoms with Crippen LogP contribution in [-0.2, 0) is 17.7 Å². The number of rotatable bonds is 3. The Kier molecular flexibility index (Phi) is 3.94.